The van der Waals surface area contributed by atoms with Crippen molar-refractivity contribution in [3.05, 3.63) is 120 Å². The molecular formula is C27H23FN4O2. The number of nitrogens with zero attached hydrogens (tertiary/aromatic N) is 3. The van der Waals surface area contributed by atoms with Crippen LogP contribution < -0.4 is 10.2 Å². The number of aromatic nitrogens is 2. The predicted octanol–water partition coefficient (Wildman–Crippen LogP) is 5.26. The second-order valence-corrected chi connectivity index (χ2v) is 7.91. The van der Waals surface area contributed by atoms with Crippen LogP contribution >= 0.6 is 0 Å². The zero-order valence-electron chi connectivity index (χ0n) is 18.8. The average molecular weight is 455 g/mol. The standard InChI is InChI=1S/C27H23FN4O2/c1-18-6-8-20(9-7-18)25(26(33)31-22-12-10-21(28)11-13-22)32(23-5-3-4-19(2)16-23)27(34)24-17-29-14-15-30-24/h3-17,25H,1-2H3,(H,31,33)/t25-/m0/s1. The Morgan fingerprint density at radius 1 is 0.912 bits per heavy atom. The van der Waals surface area contributed by atoms with Crippen LogP contribution in [-0.2, 0) is 4.79 Å². The predicted molar refractivity (Wildman–Crippen MR) is 129 cm³/mol. The van der Waals surface area contributed by atoms with E-state index in [4.69, 9.17) is 0 Å². The van der Waals surface area contributed by atoms with Gasteiger partial charge in [0.05, 0.1) is 6.20 Å². The highest BCUT2D eigenvalue weighted by Gasteiger charge is 2.34. The average Bonchev–Trinajstić information content (AvgIpc) is 2.85. The van der Waals surface area contributed by atoms with Crippen LogP contribution in [0.3, 0.4) is 0 Å². The quantitative estimate of drug-likeness (QED) is 0.431. The molecule has 0 aliphatic heterocycles. The minimum Gasteiger partial charge on any atom is -0.324 e. The van der Waals surface area contributed by atoms with E-state index in [1.165, 1.54) is 47.8 Å². The molecule has 6 nitrogen and oxygen atoms in total. The highest BCUT2D eigenvalue weighted by atomic mass is 19.1. The van der Waals surface area contributed by atoms with Gasteiger partial charge in [0.15, 0.2) is 0 Å². The van der Waals surface area contributed by atoms with Crippen molar-refractivity contribution >= 4 is 23.2 Å². The molecule has 0 radical (unpaired) electrons. The number of amides is 2. The van der Waals surface area contributed by atoms with Crippen LogP contribution in [0.1, 0.15) is 33.2 Å². The molecule has 3 aromatic carbocycles. The number of hydrogen-bond donors (Lipinski definition) is 1. The summed E-state index contributed by atoms with van der Waals surface area (Å²) in [4.78, 5) is 37.0. The third-order valence-corrected chi connectivity index (χ3v) is 5.29. The number of carbonyl (C=O) groups excluding carboxylic acids is 2. The third kappa shape index (κ3) is 5.15. The summed E-state index contributed by atoms with van der Waals surface area (Å²) in [6.45, 7) is 3.86. The summed E-state index contributed by atoms with van der Waals surface area (Å²) in [6, 6.07) is 19.2. The topological polar surface area (TPSA) is 75.2 Å². The molecule has 34 heavy (non-hydrogen) atoms. The molecule has 0 aliphatic rings. The molecule has 1 N–H and O–H groups in total. The molecule has 4 rings (SSSR count). The van der Waals surface area contributed by atoms with Gasteiger partial charge >= 0.3 is 0 Å². The fourth-order valence-electron chi connectivity index (χ4n) is 3.60. The Morgan fingerprint density at radius 3 is 2.29 bits per heavy atom. The molecule has 0 saturated heterocycles. The lowest BCUT2D eigenvalue weighted by Gasteiger charge is -2.31. The van der Waals surface area contributed by atoms with E-state index in [9.17, 15) is 14.0 Å². The lowest BCUT2D eigenvalue weighted by atomic mass is 10.0. The van der Waals surface area contributed by atoms with Crippen molar-refractivity contribution in [2.75, 3.05) is 10.2 Å². The van der Waals surface area contributed by atoms with Gasteiger partial charge in [-0.15, -0.1) is 0 Å². The third-order valence-electron chi connectivity index (χ3n) is 5.29. The summed E-state index contributed by atoms with van der Waals surface area (Å²) >= 11 is 0. The van der Waals surface area contributed by atoms with Crippen LogP contribution in [0.2, 0.25) is 0 Å². The van der Waals surface area contributed by atoms with Crippen molar-refractivity contribution < 1.29 is 14.0 Å². The van der Waals surface area contributed by atoms with Crippen LogP contribution in [0.15, 0.2) is 91.4 Å². The van der Waals surface area contributed by atoms with Crippen molar-refractivity contribution in [3.8, 4) is 0 Å². The van der Waals surface area contributed by atoms with Gasteiger partial charge in [-0.3, -0.25) is 19.5 Å². The van der Waals surface area contributed by atoms with Crippen LogP contribution in [0.4, 0.5) is 15.8 Å². The van der Waals surface area contributed by atoms with Crippen molar-refractivity contribution in [1.29, 1.82) is 0 Å². The second kappa shape index (κ2) is 10.0. The fourth-order valence-corrected chi connectivity index (χ4v) is 3.60. The smallest absolute Gasteiger partial charge is 0.279 e. The Morgan fingerprint density at radius 2 is 1.65 bits per heavy atom. The summed E-state index contributed by atoms with van der Waals surface area (Å²) in [5.41, 5.74) is 3.62. The van der Waals surface area contributed by atoms with Crippen LogP contribution in [0.5, 0.6) is 0 Å². The molecule has 0 aliphatic carbocycles. The van der Waals surface area contributed by atoms with Gasteiger partial charge < -0.3 is 5.32 Å². The van der Waals surface area contributed by atoms with E-state index in [2.05, 4.69) is 15.3 Å². The Labute approximate surface area is 197 Å². The van der Waals surface area contributed by atoms with Gasteiger partial charge in [0.2, 0.25) is 0 Å². The Balaban J connectivity index is 1.84. The molecule has 1 heterocycles. The molecule has 0 fully saturated rings. The minimum atomic E-state index is -1.03. The van der Waals surface area contributed by atoms with Gasteiger partial charge in [-0.1, -0.05) is 42.0 Å². The zero-order chi connectivity index (χ0) is 24.1. The summed E-state index contributed by atoms with van der Waals surface area (Å²) in [5.74, 6) is -1.33. The van der Waals surface area contributed by atoms with E-state index in [1.54, 1.807) is 6.07 Å². The van der Waals surface area contributed by atoms with Gasteiger partial charge in [0.25, 0.3) is 11.8 Å². The number of carbonyl (C=O) groups is 2. The van der Waals surface area contributed by atoms with Crippen LogP contribution in [0.25, 0.3) is 0 Å². The van der Waals surface area contributed by atoms with E-state index in [1.807, 2.05) is 56.3 Å². The van der Waals surface area contributed by atoms with E-state index in [0.29, 0.717) is 16.9 Å². The molecule has 1 aromatic heterocycles. The molecule has 170 valence electrons. The molecule has 1 atom stereocenters. The van der Waals surface area contributed by atoms with Gasteiger partial charge in [-0.05, 0) is 61.4 Å². The molecule has 4 aromatic rings. The lowest BCUT2D eigenvalue weighted by Crippen LogP contribution is -2.42. The zero-order valence-corrected chi connectivity index (χ0v) is 18.8. The maximum absolute atomic E-state index is 13.7. The maximum atomic E-state index is 13.7. The monoisotopic (exact) mass is 454 g/mol. The fraction of sp³-hybridized carbons (Fsp3) is 0.111. The number of halogens is 1. The normalized spacial score (nSPS) is 11.5. The number of benzene rings is 3. The van der Waals surface area contributed by atoms with Gasteiger partial charge in [-0.25, -0.2) is 9.37 Å². The Bertz CT molecular complexity index is 1290. The first kappa shape index (κ1) is 22.8. The number of nitrogens with one attached hydrogen (secondary N) is 1. The molecule has 2 amide bonds. The van der Waals surface area contributed by atoms with Gasteiger partial charge in [0.1, 0.15) is 17.6 Å². The first-order valence-corrected chi connectivity index (χ1v) is 10.7. The van der Waals surface area contributed by atoms with E-state index in [0.717, 1.165) is 11.1 Å². The van der Waals surface area contributed by atoms with Crippen molar-refractivity contribution in [3.63, 3.8) is 0 Å². The van der Waals surface area contributed by atoms with E-state index < -0.39 is 23.7 Å². The van der Waals surface area contributed by atoms with Crippen molar-refractivity contribution in [1.82, 2.24) is 9.97 Å². The molecule has 0 saturated carbocycles. The van der Waals surface area contributed by atoms with Crippen molar-refractivity contribution in [2.45, 2.75) is 19.9 Å². The molecule has 0 spiro atoms. The summed E-state index contributed by atoms with van der Waals surface area (Å²) < 4.78 is 13.4. The minimum absolute atomic E-state index is 0.107. The number of anilines is 2. The first-order valence-electron chi connectivity index (χ1n) is 10.7. The number of rotatable bonds is 6. The van der Waals surface area contributed by atoms with E-state index in [-0.39, 0.29) is 5.69 Å². The number of hydrogen-bond acceptors (Lipinski definition) is 4. The first-order chi connectivity index (χ1) is 16.4. The molecule has 0 bridgehead atoms. The Kier molecular flexibility index (Phi) is 6.73. The summed E-state index contributed by atoms with van der Waals surface area (Å²) in [5, 5.41) is 2.82. The Hall–Kier alpha value is -4.39. The lowest BCUT2D eigenvalue weighted by molar-refractivity contribution is -0.117. The van der Waals surface area contributed by atoms with E-state index >= 15 is 0 Å². The molecular weight excluding hydrogens is 431 g/mol. The van der Waals surface area contributed by atoms with Crippen molar-refractivity contribution in [2.24, 2.45) is 0 Å². The molecule has 7 heteroatoms. The van der Waals surface area contributed by atoms with Crippen LogP contribution in [-0.4, -0.2) is 21.8 Å². The SMILES string of the molecule is Cc1ccc([C@@H](C(=O)Nc2ccc(F)cc2)N(C(=O)c2cnccn2)c2cccc(C)c2)cc1. The van der Waals surface area contributed by atoms with Gasteiger partial charge in [-0.2, -0.15) is 0 Å². The number of aryl methyl sites for hydroxylation is 2. The second-order valence-electron chi connectivity index (χ2n) is 7.91. The summed E-state index contributed by atoms with van der Waals surface area (Å²) in [6.07, 6.45) is 4.28. The largest absolute Gasteiger partial charge is 0.324 e. The highest BCUT2D eigenvalue weighted by molar-refractivity contribution is 6.11. The maximum Gasteiger partial charge on any atom is 0.279 e. The van der Waals surface area contributed by atoms with Crippen LogP contribution in [0, 0.1) is 19.7 Å². The molecule has 0 unspecified atom stereocenters. The summed E-state index contributed by atoms with van der Waals surface area (Å²) in [7, 11) is 0. The van der Waals surface area contributed by atoms with Gasteiger partial charge in [0, 0.05) is 23.8 Å². The highest BCUT2D eigenvalue weighted by Crippen LogP contribution is 2.31.